The van der Waals surface area contributed by atoms with E-state index in [4.69, 9.17) is 14.2 Å². The Labute approximate surface area is 160 Å². The zero-order valence-electron chi connectivity index (χ0n) is 14.3. The molecule has 0 heterocycles. The van der Waals surface area contributed by atoms with Gasteiger partial charge in [-0.2, -0.15) is 5.10 Å². The van der Waals surface area contributed by atoms with Crippen LogP contribution in [0.2, 0.25) is 0 Å². The number of nitrogens with zero attached hydrogens (tertiary/aromatic N) is 1. The van der Waals surface area contributed by atoms with Crippen molar-refractivity contribution in [1.82, 2.24) is 5.43 Å². The zero-order chi connectivity index (χ0) is 18.8. The Morgan fingerprint density at radius 3 is 2.73 bits per heavy atom. The molecule has 0 spiro atoms. The fourth-order valence-corrected chi connectivity index (χ4v) is 2.55. The SMILES string of the molecule is C=CCOc1c(Br)cc(/C=N\NC(=O)COc2ccccc2)cc1OC. The van der Waals surface area contributed by atoms with Crippen molar-refractivity contribution < 1.29 is 19.0 Å². The third-order valence-electron chi connectivity index (χ3n) is 3.11. The third kappa shape index (κ3) is 5.93. The van der Waals surface area contributed by atoms with Gasteiger partial charge in [0.15, 0.2) is 18.1 Å². The number of halogens is 1. The standard InChI is InChI=1S/C19H19BrN2O4/c1-3-9-25-19-16(20)10-14(11-17(19)24-2)12-21-22-18(23)13-26-15-7-5-4-6-8-15/h3-8,10-12H,1,9,13H2,2H3,(H,22,23)/b21-12-. The summed E-state index contributed by atoms with van der Waals surface area (Å²) in [5.41, 5.74) is 3.14. The van der Waals surface area contributed by atoms with Crippen molar-refractivity contribution in [2.24, 2.45) is 5.10 Å². The van der Waals surface area contributed by atoms with Crippen molar-refractivity contribution in [2.45, 2.75) is 0 Å². The maximum absolute atomic E-state index is 11.8. The highest BCUT2D eigenvalue weighted by Gasteiger charge is 2.10. The number of carbonyl (C=O) groups is 1. The summed E-state index contributed by atoms with van der Waals surface area (Å²) in [5.74, 6) is 1.38. The zero-order valence-corrected chi connectivity index (χ0v) is 15.9. The van der Waals surface area contributed by atoms with Crippen molar-refractivity contribution in [1.29, 1.82) is 0 Å². The van der Waals surface area contributed by atoms with Crippen LogP contribution in [0.4, 0.5) is 0 Å². The molecular weight excluding hydrogens is 400 g/mol. The molecule has 0 saturated carbocycles. The molecular formula is C19H19BrN2O4. The Bertz CT molecular complexity index is 779. The van der Waals surface area contributed by atoms with E-state index in [0.717, 1.165) is 5.56 Å². The largest absolute Gasteiger partial charge is 0.493 e. The second kappa shape index (κ2) is 10.2. The summed E-state index contributed by atoms with van der Waals surface area (Å²) >= 11 is 3.43. The van der Waals surface area contributed by atoms with E-state index >= 15 is 0 Å². The molecule has 136 valence electrons. The van der Waals surface area contributed by atoms with Gasteiger partial charge in [0, 0.05) is 0 Å². The number of amides is 1. The fourth-order valence-electron chi connectivity index (χ4n) is 1.97. The molecule has 0 saturated heterocycles. The molecule has 7 heteroatoms. The first-order valence-electron chi connectivity index (χ1n) is 7.75. The lowest BCUT2D eigenvalue weighted by molar-refractivity contribution is -0.123. The maximum Gasteiger partial charge on any atom is 0.277 e. The number of hydrazone groups is 1. The van der Waals surface area contributed by atoms with E-state index in [2.05, 4.69) is 33.0 Å². The van der Waals surface area contributed by atoms with Crippen LogP contribution in [0, 0.1) is 0 Å². The number of benzene rings is 2. The smallest absolute Gasteiger partial charge is 0.277 e. The molecule has 0 radical (unpaired) electrons. The Morgan fingerprint density at radius 1 is 1.27 bits per heavy atom. The molecule has 2 aromatic rings. The summed E-state index contributed by atoms with van der Waals surface area (Å²) in [6.45, 7) is 3.86. The van der Waals surface area contributed by atoms with Crippen molar-refractivity contribution in [2.75, 3.05) is 20.3 Å². The van der Waals surface area contributed by atoms with Gasteiger partial charge in [0.1, 0.15) is 12.4 Å². The van der Waals surface area contributed by atoms with Crippen molar-refractivity contribution in [3.05, 3.63) is 65.2 Å². The summed E-state index contributed by atoms with van der Waals surface area (Å²) in [6, 6.07) is 12.6. The van der Waals surface area contributed by atoms with E-state index in [1.165, 1.54) is 6.21 Å². The number of hydrogen-bond donors (Lipinski definition) is 1. The number of para-hydroxylation sites is 1. The maximum atomic E-state index is 11.8. The molecule has 0 aliphatic heterocycles. The molecule has 1 amide bonds. The summed E-state index contributed by atoms with van der Waals surface area (Å²) < 4.78 is 16.9. The second-order valence-electron chi connectivity index (χ2n) is 5.03. The molecule has 0 atom stereocenters. The van der Waals surface area contributed by atoms with Crippen molar-refractivity contribution in [3.8, 4) is 17.2 Å². The molecule has 0 unspecified atom stereocenters. The topological polar surface area (TPSA) is 69.2 Å². The lowest BCUT2D eigenvalue weighted by atomic mass is 10.2. The van der Waals surface area contributed by atoms with Crippen LogP contribution in [-0.4, -0.2) is 32.4 Å². The molecule has 26 heavy (non-hydrogen) atoms. The lowest BCUT2D eigenvalue weighted by Crippen LogP contribution is -2.24. The Balaban J connectivity index is 1.93. The van der Waals surface area contributed by atoms with Gasteiger partial charge in [0.05, 0.1) is 17.8 Å². The van der Waals surface area contributed by atoms with Gasteiger partial charge in [-0.05, 0) is 45.8 Å². The van der Waals surface area contributed by atoms with Gasteiger partial charge >= 0.3 is 0 Å². The summed E-state index contributed by atoms with van der Waals surface area (Å²) in [6.07, 6.45) is 3.15. The molecule has 0 aliphatic rings. The monoisotopic (exact) mass is 418 g/mol. The molecule has 1 N–H and O–H groups in total. The first kappa shape index (κ1) is 19.5. The van der Waals surface area contributed by atoms with Crippen LogP contribution in [0.15, 0.2) is 64.7 Å². The van der Waals surface area contributed by atoms with E-state index in [1.807, 2.05) is 18.2 Å². The van der Waals surface area contributed by atoms with E-state index in [-0.39, 0.29) is 12.5 Å². The summed E-state index contributed by atoms with van der Waals surface area (Å²) in [4.78, 5) is 11.8. The minimum Gasteiger partial charge on any atom is -0.493 e. The number of rotatable bonds is 9. The molecule has 0 bridgehead atoms. The predicted octanol–water partition coefficient (Wildman–Crippen LogP) is 3.55. The molecule has 2 aromatic carbocycles. The van der Waals surface area contributed by atoms with E-state index in [0.29, 0.717) is 28.3 Å². The fraction of sp³-hybridized carbons (Fsp3) is 0.158. The lowest BCUT2D eigenvalue weighted by Gasteiger charge is -2.12. The van der Waals surface area contributed by atoms with Gasteiger partial charge in [0.25, 0.3) is 5.91 Å². The number of ether oxygens (including phenoxy) is 3. The van der Waals surface area contributed by atoms with Crippen LogP contribution in [0.1, 0.15) is 5.56 Å². The van der Waals surface area contributed by atoms with Crippen LogP contribution in [0.5, 0.6) is 17.2 Å². The number of methoxy groups -OCH3 is 1. The van der Waals surface area contributed by atoms with Crippen LogP contribution in [-0.2, 0) is 4.79 Å². The molecule has 0 aliphatic carbocycles. The number of carbonyl (C=O) groups excluding carboxylic acids is 1. The third-order valence-corrected chi connectivity index (χ3v) is 3.70. The van der Waals surface area contributed by atoms with E-state index in [1.54, 1.807) is 37.5 Å². The van der Waals surface area contributed by atoms with Gasteiger partial charge < -0.3 is 14.2 Å². The number of nitrogens with one attached hydrogen (secondary N) is 1. The second-order valence-corrected chi connectivity index (χ2v) is 5.88. The van der Waals surface area contributed by atoms with Crippen LogP contribution in [0.3, 0.4) is 0 Å². The summed E-state index contributed by atoms with van der Waals surface area (Å²) in [7, 11) is 1.55. The highest BCUT2D eigenvalue weighted by molar-refractivity contribution is 9.10. The molecule has 2 rings (SSSR count). The normalized spacial score (nSPS) is 10.4. The van der Waals surface area contributed by atoms with E-state index in [9.17, 15) is 4.79 Å². The first-order valence-corrected chi connectivity index (χ1v) is 8.54. The molecule has 0 aromatic heterocycles. The Hall–Kier alpha value is -2.80. The van der Waals surface area contributed by atoms with Gasteiger partial charge in [-0.15, -0.1) is 0 Å². The highest BCUT2D eigenvalue weighted by atomic mass is 79.9. The quantitative estimate of drug-likeness (QED) is 0.384. The minimum atomic E-state index is -0.359. The van der Waals surface area contributed by atoms with Crippen LogP contribution < -0.4 is 19.6 Å². The molecule has 0 fully saturated rings. The van der Waals surface area contributed by atoms with Gasteiger partial charge in [-0.25, -0.2) is 5.43 Å². The average molecular weight is 419 g/mol. The molecule has 6 nitrogen and oxygen atoms in total. The van der Waals surface area contributed by atoms with Gasteiger partial charge in [-0.1, -0.05) is 30.9 Å². The van der Waals surface area contributed by atoms with E-state index < -0.39 is 0 Å². The minimum absolute atomic E-state index is 0.122. The van der Waals surface area contributed by atoms with Gasteiger partial charge in [-0.3, -0.25) is 4.79 Å². The van der Waals surface area contributed by atoms with Crippen LogP contribution in [0.25, 0.3) is 0 Å². The van der Waals surface area contributed by atoms with Crippen molar-refractivity contribution >= 4 is 28.1 Å². The van der Waals surface area contributed by atoms with Gasteiger partial charge in [0.2, 0.25) is 0 Å². The Morgan fingerprint density at radius 2 is 2.04 bits per heavy atom. The number of hydrogen-bond acceptors (Lipinski definition) is 5. The Kier molecular flexibility index (Phi) is 7.70. The van der Waals surface area contributed by atoms with Crippen LogP contribution >= 0.6 is 15.9 Å². The van der Waals surface area contributed by atoms with Crippen molar-refractivity contribution in [3.63, 3.8) is 0 Å². The summed E-state index contributed by atoms with van der Waals surface area (Å²) in [5, 5.41) is 3.92. The average Bonchev–Trinajstić information content (AvgIpc) is 2.66. The first-order chi connectivity index (χ1) is 12.6. The predicted molar refractivity (Wildman–Crippen MR) is 104 cm³/mol. The highest BCUT2D eigenvalue weighted by Crippen LogP contribution is 2.36.